The second-order valence-electron chi connectivity index (χ2n) is 5.06. The number of rotatable bonds is 4. The Kier molecular flexibility index (Phi) is 4.53. The van der Waals surface area contributed by atoms with E-state index in [1.807, 2.05) is 13.0 Å². The monoisotopic (exact) mass is 265 g/mol. The standard InChI is InChI=1S/C15H20FNO2/c1-3-19-10-15(18)17-9-11(2)8-14(17)12-6-4-5-7-13(12)16/h4-7,11,14H,3,8-10H2,1-2H3/t11-,14+/m1/s1. The van der Waals surface area contributed by atoms with Crippen molar-refractivity contribution < 1.29 is 13.9 Å². The molecule has 1 aliphatic rings. The van der Waals surface area contributed by atoms with E-state index < -0.39 is 0 Å². The van der Waals surface area contributed by atoms with Crippen LogP contribution in [0.1, 0.15) is 31.9 Å². The Balaban J connectivity index is 2.18. The van der Waals surface area contributed by atoms with Gasteiger partial charge in [0.25, 0.3) is 0 Å². The Labute approximate surface area is 113 Å². The maximum atomic E-state index is 13.9. The SMILES string of the molecule is CCOCC(=O)N1C[C@H](C)C[C@H]1c1ccccc1F. The van der Waals surface area contributed by atoms with Crippen LogP contribution in [-0.4, -0.2) is 30.6 Å². The molecule has 1 amide bonds. The first kappa shape index (κ1) is 14.0. The van der Waals surface area contributed by atoms with Gasteiger partial charge in [0, 0.05) is 18.7 Å². The fourth-order valence-corrected chi connectivity index (χ4v) is 2.63. The van der Waals surface area contributed by atoms with Crippen molar-refractivity contribution in [2.24, 2.45) is 5.92 Å². The van der Waals surface area contributed by atoms with Crippen LogP contribution in [0.4, 0.5) is 4.39 Å². The van der Waals surface area contributed by atoms with Gasteiger partial charge in [-0.1, -0.05) is 25.1 Å². The van der Waals surface area contributed by atoms with Crippen LogP contribution >= 0.6 is 0 Å². The van der Waals surface area contributed by atoms with Crippen LogP contribution < -0.4 is 0 Å². The van der Waals surface area contributed by atoms with Gasteiger partial charge in [-0.25, -0.2) is 4.39 Å². The lowest BCUT2D eigenvalue weighted by Gasteiger charge is -2.25. The van der Waals surface area contributed by atoms with Gasteiger partial charge in [0.05, 0.1) is 6.04 Å². The Hall–Kier alpha value is -1.42. The number of hydrogen-bond donors (Lipinski definition) is 0. The Morgan fingerprint density at radius 2 is 2.21 bits per heavy atom. The molecule has 3 nitrogen and oxygen atoms in total. The van der Waals surface area contributed by atoms with Gasteiger partial charge in [-0.3, -0.25) is 4.79 Å². The van der Waals surface area contributed by atoms with Crippen molar-refractivity contribution in [2.75, 3.05) is 19.8 Å². The molecule has 0 bridgehead atoms. The maximum Gasteiger partial charge on any atom is 0.249 e. The van der Waals surface area contributed by atoms with Crippen molar-refractivity contribution in [2.45, 2.75) is 26.3 Å². The summed E-state index contributed by atoms with van der Waals surface area (Å²) in [5.41, 5.74) is 0.608. The molecule has 2 rings (SSSR count). The van der Waals surface area contributed by atoms with Crippen LogP contribution in [-0.2, 0) is 9.53 Å². The Morgan fingerprint density at radius 1 is 1.47 bits per heavy atom. The highest BCUT2D eigenvalue weighted by Gasteiger charge is 2.35. The highest BCUT2D eigenvalue weighted by Crippen LogP contribution is 2.36. The lowest BCUT2D eigenvalue weighted by molar-refractivity contribution is -0.137. The van der Waals surface area contributed by atoms with E-state index in [0.29, 0.717) is 24.6 Å². The number of benzene rings is 1. The molecule has 0 unspecified atom stereocenters. The van der Waals surface area contributed by atoms with Gasteiger partial charge in [-0.05, 0) is 25.3 Å². The summed E-state index contributed by atoms with van der Waals surface area (Å²) in [6, 6.07) is 6.53. The van der Waals surface area contributed by atoms with Crippen molar-refractivity contribution >= 4 is 5.91 Å². The molecular weight excluding hydrogens is 245 g/mol. The van der Waals surface area contributed by atoms with Gasteiger partial charge < -0.3 is 9.64 Å². The number of carbonyl (C=O) groups is 1. The van der Waals surface area contributed by atoms with E-state index in [1.165, 1.54) is 6.07 Å². The average Bonchev–Trinajstić information content (AvgIpc) is 2.78. The number of likely N-dealkylation sites (tertiary alicyclic amines) is 1. The molecule has 1 aromatic carbocycles. The summed E-state index contributed by atoms with van der Waals surface area (Å²) in [5.74, 6) is 0.0884. The summed E-state index contributed by atoms with van der Waals surface area (Å²) in [5, 5.41) is 0. The molecule has 1 aliphatic heterocycles. The molecule has 0 radical (unpaired) electrons. The van der Waals surface area contributed by atoms with Crippen molar-refractivity contribution in [1.29, 1.82) is 0 Å². The van der Waals surface area contributed by atoms with Gasteiger partial charge in [0.1, 0.15) is 12.4 Å². The molecule has 19 heavy (non-hydrogen) atoms. The largest absolute Gasteiger partial charge is 0.372 e. The van der Waals surface area contributed by atoms with Gasteiger partial charge in [-0.15, -0.1) is 0 Å². The van der Waals surface area contributed by atoms with Crippen LogP contribution in [0.5, 0.6) is 0 Å². The minimum absolute atomic E-state index is 0.0561. The fourth-order valence-electron chi connectivity index (χ4n) is 2.63. The molecule has 2 atom stereocenters. The normalized spacial score (nSPS) is 22.8. The Morgan fingerprint density at radius 3 is 2.89 bits per heavy atom. The second kappa shape index (κ2) is 6.15. The van der Waals surface area contributed by atoms with E-state index >= 15 is 0 Å². The van der Waals surface area contributed by atoms with E-state index in [4.69, 9.17) is 4.74 Å². The van der Waals surface area contributed by atoms with Crippen LogP contribution in [0.15, 0.2) is 24.3 Å². The molecular formula is C15H20FNO2. The molecule has 1 saturated heterocycles. The molecule has 1 aromatic rings. The number of ether oxygens (including phenoxy) is 1. The van der Waals surface area contributed by atoms with Crippen LogP contribution in [0.3, 0.4) is 0 Å². The molecule has 0 N–H and O–H groups in total. The zero-order chi connectivity index (χ0) is 13.8. The minimum Gasteiger partial charge on any atom is -0.372 e. The zero-order valence-electron chi connectivity index (χ0n) is 11.4. The number of nitrogens with zero attached hydrogens (tertiary/aromatic N) is 1. The summed E-state index contributed by atoms with van der Waals surface area (Å²) in [7, 11) is 0. The molecule has 1 heterocycles. The van der Waals surface area contributed by atoms with E-state index in [0.717, 1.165) is 6.42 Å². The third-order valence-corrected chi connectivity index (χ3v) is 3.52. The van der Waals surface area contributed by atoms with Crippen molar-refractivity contribution in [1.82, 2.24) is 4.90 Å². The summed E-state index contributed by atoms with van der Waals surface area (Å²) < 4.78 is 19.1. The molecule has 4 heteroatoms. The van der Waals surface area contributed by atoms with Crippen molar-refractivity contribution in [3.05, 3.63) is 35.6 Å². The molecule has 104 valence electrons. The van der Waals surface area contributed by atoms with Gasteiger partial charge in [0.15, 0.2) is 0 Å². The molecule has 0 aliphatic carbocycles. The highest BCUT2D eigenvalue weighted by molar-refractivity contribution is 5.78. The molecule has 0 spiro atoms. The summed E-state index contributed by atoms with van der Waals surface area (Å²) in [6.07, 6.45) is 0.804. The topological polar surface area (TPSA) is 29.5 Å². The third-order valence-electron chi connectivity index (χ3n) is 3.52. The van der Waals surface area contributed by atoms with Gasteiger partial charge in [-0.2, -0.15) is 0 Å². The zero-order valence-corrected chi connectivity index (χ0v) is 11.4. The van der Waals surface area contributed by atoms with Gasteiger partial charge in [0.2, 0.25) is 5.91 Å². The van der Waals surface area contributed by atoms with E-state index in [9.17, 15) is 9.18 Å². The average molecular weight is 265 g/mol. The predicted octanol–water partition coefficient (Wildman–Crippen LogP) is 2.77. The van der Waals surface area contributed by atoms with E-state index in [-0.39, 0.29) is 24.4 Å². The van der Waals surface area contributed by atoms with Gasteiger partial charge >= 0.3 is 0 Å². The first-order valence-electron chi connectivity index (χ1n) is 6.75. The van der Waals surface area contributed by atoms with E-state index in [1.54, 1.807) is 17.0 Å². The first-order chi connectivity index (χ1) is 9.13. The highest BCUT2D eigenvalue weighted by atomic mass is 19.1. The lowest BCUT2D eigenvalue weighted by Crippen LogP contribution is -2.34. The van der Waals surface area contributed by atoms with Crippen LogP contribution in [0.25, 0.3) is 0 Å². The quantitative estimate of drug-likeness (QED) is 0.837. The van der Waals surface area contributed by atoms with Crippen LogP contribution in [0.2, 0.25) is 0 Å². The number of halogens is 1. The summed E-state index contributed by atoms with van der Waals surface area (Å²) in [4.78, 5) is 13.9. The predicted molar refractivity (Wildman–Crippen MR) is 71.1 cm³/mol. The second-order valence-corrected chi connectivity index (χ2v) is 5.06. The lowest BCUT2D eigenvalue weighted by atomic mass is 10.0. The first-order valence-corrected chi connectivity index (χ1v) is 6.75. The minimum atomic E-state index is -0.240. The van der Waals surface area contributed by atoms with Crippen LogP contribution in [0, 0.1) is 11.7 Å². The van der Waals surface area contributed by atoms with E-state index in [2.05, 4.69) is 6.92 Å². The maximum absolute atomic E-state index is 13.9. The third kappa shape index (κ3) is 3.13. The molecule has 0 saturated carbocycles. The fraction of sp³-hybridized carbons (Fsp3) is 0.533. The molecule has 1 fully saturated rings. The summed E-state index contributed by atoms with van der Waals surface area (Å²) >= 11 is 0. The number of hydrogen-bond acceptors (Lipinski definition) is 2. The Bertz CT molecular complexity index is 450. The molecule has 0 aromatic heterocycles. The number of amides is 1. The van der Waals surface area contributed by atoms with Crippen molar-refractivity contribution in [3.63, 3.8) is 0 Å². The summed E-state index contributed by atoms with van der Waals surface area (Å²) in [6.45, 7) is 5.20. The van der Waals surface area contributed by atoms with Crippen molar-refractivity contribution in [3.8, 4) is 0 Å². The number of carbonyl (C=O) groups excluding carboxylic acids is 1. The smallest absolute Gasteiger partial charge is 0.249 e.